The van der Waals surface area contributed by atoms with E-state index in [9.17, 15) is 14.4 Å². The van der Waals surface area contributed by atoms with Crippen molar-refractivity contribution in [1.82, 2.24) is 10.6 Å². The highest BCUT2D eigenvalue weighted by atomic mass is 16.5. The van der Waals surface area contributed by atoms with E-state index < -0.39 is 24.0 Å². The van der Waals surface area contributed by atoms with Crippen LogP contribution in [-0.4, -0.2) is 35.0 Å². The highest BCUT2D eigenvalue weighted by Crippen LogP contribution is 2.07. The summed E-state index contributed by atoms with van der Waals surface area (Å²) in [6.45, 7) is 8.67. The molecule has 0 radical (unpaired) electrons. The van der Waals surface area contributed by atoms with E-state index >= 15 is 0 Å². The van der Waals surface area contributed by atoms with Crippen molar-refractivity contribution in [3.8, 4) is 0 Å². The molecule has 6 heteroatoms. The average molecular weight is 287 g/mol. The first-order chi connectivity index (χ1) is 8.65. The van der Waals surface area contributed by atoms with Crippen LogP contribution in [0.3, 0.4) is 0 Å². The molecule has 0 aliphatic carbocycles. The molecule has 0 fully saturated rings. The van der Waals surface area contributed by atoms with Gasteiger partial charge < -0.3 is 15.7 Å². The predicted molar refractivity (Wildman–Crippen MR) is 71.5 cm³/mol. The molecule has 0 saturated heterocycles. The van der Waals surface area contributed by atoms with Gasteiger partial charge in [0.15, 0.2) is 0 Å². The Hall–Kier alpha value is -1.59. The Kier molecular flexibility index (Phi) is 7.11. The summed E-state index contributed by atoms with van der Waals surface area (Å²) < 4.78 is 0. The third-order valence-electron chi connectivity index (χ3n) is 2.63. The van der Waals surface area contributed by atoms with Gasteiger partial charge in [0.25, 0.3) is 0 Å². The lowest BCUT2D eigenvalue weighted by atomic mass is 11.0. The number of amides is 2. The second-order valence-corrected chi connectivity index (χ2v) is 5.45. The zero-order valence-corrected chi connectivity index (χ0v) is 12.2. The van der Waals surface area contributed by atoms with Crippen LogP contribution in [0, 0.1) is 11.8 Å². The maximum absolute atomic E-state index is 12.0. The number of nitrogens with one attached hydrogen (secondary N) is 2. The van der Waals surface area contributed by atoms with E-state index in [1.54, 1.807) is 13.8 Å². The molecule has 0 bridgehead atoms. The number of rotatable bonds is 7. The van der Waals surface area contributed by atoms with Crippen LogP contribution >= 0.6 is 0 Å². The number of carbonyl (C=O) groups is 3. The van der Waals surface area contributed by atoms with E-state index in [1.165, 1.54) is 6.92 Å². The summed E-state index contributed by atoms with van der Waals surface area (Å²) in [5.74, 6) is -1.80. The number of carbonyl (C=O) groups excluding carboxylic acids is 2. The minimum Gasteiger partial charge on any atom is -0.480 e. The summed E-state index contributed by atoms with van der Waals surface area (Å²) in [6, 6.07) is -1.64. The Balaban J connectivity index is 4.75. The van der Waals surface area contributed by atoms with Crippen molar-refractivity contribution < 1.29 is 19.5 Å². The van der Waals surface area contributed by atoms with Gasteiger partial charge in [-0.3, -0.25) is 9.59 Å². The van der Waals surface area contributed by atoms with Gasteiger partial charge in [-0.1, -0.05) is 27.7 Å². The van der Waals surface area contributed by atoms with Gasteiger partial charge in [0.1, 0.15) is 12.1 Å². The fourth-order valence-corrected chi connectivity index (χ4v) is 1.71. The molecule has 2 atom stereocenters. The van der Waals surface area contributed by atoms with Crippen LogP contribution in [0.15, 0.2) is 0 Å². The average Bonchev–Trinajstić information content (AvgIpc) is 2.23. The van der Waals surface area contributed by atoms with Crippen LogP contribution in [0.25, 0.3) is 0 Å². The molecule has 19 heavy (non-hydrogen) atoms. The third kappa shape index (κ3) is 6.79. The predicted octanol–water partition coefficient (Wildman–Crippen LogP) is 0.763. The fraction of sp³-hybridized carbons (Fsp3) is 0.769. The first-order valence-corrected chi connectivity index (χ1v) is 6.45. The van der Waals surface area contributed by atoms with Crippen LogP contribution in [-0.2, 0) is 14.4 Å². The third-order valence-corrected chi connectivity index (χ3v) is 2.63. The number of carboxylic acid groups (broad SMARTS) is 1. The topological polar surface area (TPSA) is 95.5 Å². The molecule has 0 saturated carbocycles. The SMILES string of the molecule is [13CH3][13C](=O)[15NH][13C@H]([13C](=O)[15NH][13C@@H]([13CH2][13CH]([13CH3])[13CH3])[13C](=O)O)[13CH]([13CH3])[13CH3]. The molecular formula is C13H24N2O4. The quantitative estimate of drug-likeness (QED) is 0.476. The van der Waals surface area contributed by atoms with E-state index in [1.807, 2.05) is 13.8 Å². The molecule has 0 heterocycles. The van der Waals surface area contributed by atoms with Crippen LogP contribution in [0.1, 0.15) is 41.0 Å². The Bertz CT molecular complexity index is 340. The molecule has 0 unspecified atom stereocenters. The molecule has 0 aromatic carbocycles. The minimum absolute atomic E-state index is 0.114. The van der Waals surface area contributed by atoms with Gasteiger partial charge >= 0.3 is 5.97 Å². The van der Waals surface area contributed by atoms with Crippen molar-refractivity contribution in [3.05, 3.63) is 0 Å². The van der Waals surface area contributed by atoms with Gasteiger partial charge in [0, 0.05) is 6.92 Å². The first-order valence-electron chi connectivity index (χ1n) is 6.45. The lowest BCUT2D eigenvalue weighted by Crippen LogP contribution is -2.53. The van der Waals surface area contributed by atoms with Crippen LogP contribution in [0.2, 0.25) is 0 Å². The van der Waals surface area contributed by atoms with E-state index in [4.69, 9.17) is 5.11 Å². The molecular weight excluding hydrogens is 263 g/mol. The number of aliphatic carboxylic acids is 1. The standard InChI is InChI=1S/C13H24N2O4/c1-7(2)6-10(13(18)19)15-12(17)11(8(3)4)14-9(5)16/h7-8,10-11H,6H2,1-5H3,(H,14,16)(H,15,17)(H,18,19)/t10-,11-/m0/s1/i1+1,2+1,3+1,4+1,5+1,6+1,7+1,8+1,9+1,10+1,11+1,12+1,13+1,14+1,15+1. The van der Waals surface area contributed by atoms with Gasteiger partial charge in [0.05, 0.1) is 0 Å². The second kappa shape index (κ2) is 7.76. The largest absolute Gasteiger partial charge is 0.480 e. The zero-order chi connectivity index (χ0) is 15.2. The van der Waals surface area contributed by atoms with Crippen molar-refractivity contribution in [2.45, 2.75) is 53.1 Å². The summed E-state index contributed by atoms with van der Waals surface area (Å²) >= 11 is 0. The molecule has 3 N–H and O–H groups in total. The van der Waals surface area contributed by atoms with Gasteiger partial charge in [-0.2, -0.15) is 0 Å². The Morgan fingerprint density at radius 1 is 1.05 bits per heavy atom. The summed E-state index contributed by atoms with van der Waals surface area (Å²) in [4.78, 5) is 34.2. The zero-order valence-electron chi connectivity index (χ0n) is 12.2. The van der Waals surface area contributed by atoms with E-state index in [0.717, 1.165) is 0 Å². The number of hydrogen-bond donors (Lipinski definition) is 3. The van der Waals surface area contributed by atoms with E-state index in [0.29, 0.717) is 6.42 Å². The molecule has 6 nitrogen and oxygen atoms in total. The maximum Gasteiger partial charge on any atom is 0.326 e. The van der Waals surface area contributed by atoms with Crippen molar-refractivity contribution in [1.29, 1.82) is 0 Å². The number of carboxylic acids is 1. The monoisotopic (exact) mass is 287 g/mol. The molecule has 0 spiro atoms. The van der Waals surface area contributed by atoms with Crippen LogP contribution in [0.4, 0.5) is 0 Å². The second-order valence-electron chi connectivity index (χ2n) is 5.45. The highest BCUT2D eigenvalue weighted by Gasteiger charge is 2.28. The van der Waals surface area contributed by atoms with Crippen molar-refractivity contribution >= 4 is 17.8 Å². The summed E-state index contributed by atoms with van der Waals surface area (Å²) in [6.07, 6.45) is 0.353. The van der Waals surface area contributed by atoms with E-state index in [-0.39, 0.29) is 17.7 Å². The maximum atomic E-state index is 12.0. The smallest absolute Gasteiger partial charge is 0.326 e. The fourth-order valence-electron chi connectivity index (χ4n) is 1.71. The molecule has 2 amide bonds. The minimum atomic E-state index is -1.06. The molecule has 0 aliphatic rings. The normalized spacial score (nSPS) is 14.1. The Labute approximate surface area is 113 Å². The first kappa shape index (κ1) is 17.4. The van der Waals surface area contributed by atoms with E-state index in [2.05, 4.69) is 10.6 Å². The molecule has 0 rings (SSSR count). The van der Waals surface area contributed by atoms with Crippen LogP contribution in [0.5, 0.6) is 0 Å². The lowest BCUT2D eigenvalue weighted by Gasteiger charge is -2.24. The van der Waals surface area contributed by atoms with Crippen LogP contribution < -0.4 is 10.6 Å². The molecule has 0 aromatic rings. The van der Waals surface area contributed by atoms with Crippen molar-refractivity contribution in [3.63, 3.8) is 0 Å². The summed E-state index contributed by atoms with van der Waals surface area (Å²) in [7, 11) is 0. The Morgan fingerprint density at radius 2 is 1.58 bits per heavy atom. The highest BCUT2D eigenvalue weighted by molar-refractivity contribution is 5.90. The molecule has 110 valence electrons. The van der Waals surface area contributed by atoms with Gasteiger partial charge in [-0.05, 0) is 18.3 Å². The Morgan fingerprint density at radius 3 is 1.89 bits per heavy atom. The lowest BCUT2D eigenvalue weighted by molar-refractivity contribution is -0.142. The van der Waals surface area contributed by atoms with Gasteiger partial charge in [0.2, 0.25) is 11.8 Å². The summed E-state index contributed by atoms with van der Waals surface area (Å²) in [5.41, 5.74) is 0. The van der Waals surface area contributed by atoms with Gasteiger partial charge in [-0.25, -0.2) is 4.79 Å². The van der Waals surface area contributed by atoms with Crippen molar-refractivity contribution in [2.24, 2.45) is 11.8 Å². The molecule has 0 aromatic heterocycles. The molecule has 0 aliphatic heterocycles. The van der Waals surface area contributed by atoms with Crippen molar-refractivity contribution in [2.75, 3.05) is 0 Å². The summed E-state index contributed by atoms with van der Waals surface area (Å²) in [5, 5.41) is 14.1. The number of hydrogen-bond acceptors (Lipinski definition) is 3. The van der Waals surface area contributed by atoms with Gasteiger partial charge in [-0.15, -0.1) is 0 Å².